The van der Waals surface area contributed by atoms with Crippen LogP contribution in [-0.2, 0) is 9.53 Å². The van der Waals surface area contributed by atoms with Gasteiger partial charge < -0.3 is 9.64 Å². The Morgan fingerprint density at radius 1 is 1.69 bits per heavy atom. The molecule has 92 valence electrons. The lowest BCUT2D eigenvalue weighted by Gasteiger charge is -2.39. The van der Waals surface area contributed by atoms with E-state index >= 15 is 0 Å². The van der Waals surface area contributed by atoms with E-state index in [0.717, 1.165) is 7.05 Å². The number of hydroxylamine groups is 2. The minimum atomic E-state index is -3.51. The molecule has 1 aliphatic heterocycles. The Kier molecular flexibility index (Phi) is 3.32. The molecule has 0 aliphatic carbocycles. The van der Waals surface area contributed by atoms with Crippen molar-refractivity contribution in [2.45, 2.75) is 25.5 Å². The lowest BCUT2D eigenvalue weighted by Crippen LogP contribution is -2.63. The Morgan fingerprint density at radius 2 is 2.25 bits per heavy atom. The second-order valence-electron chi connectivity index (χ2n) is 3.44. The number of hydrogen-bond donors (Lipinski definition) is 1. The molecule has 8 heteroatoms. The maximum absolute atomic E-state index is 13.4. The molecule has 1 saturated heterocycles. The van der Waals surface area contributed by atoms with Gasteiger partial charge in [-0.25, -0.2) is 4.79 Å². The summed E-state index contributed by atoms with van der Waals surface area (Å²) in [5.41, 5.74) is 0. The number of nitrogens with zero attached hydrogens (tertiary/aromatic N) is 2. The van der Waals surface area contributed by atoms with Crippen LogP contribution in [0, 0.1) is 0 Å². The molecular weight excluding hydrogens is 226 g/mol. The van der Waals surface area contributed by atoms with Crippen LogP contribution >= 0.6 is 0 Å². The van der Waals surface area contributed by atoms with Crippen LogP contribution in [-0.4, -0.2) is 52.9 Å². The molecule has 2 amide bonds. The molecular formula is C8H12F2N2O4. The van der Waals surface area contributed by atoms with E-state index in [1.165, 1.54) is 6.92 Å². The molecule has 0 spiro atoms. The largest absolute Gasteiger partial charge is 0.432 e. The van der Waals surface area contributed by atoms with E-state index in [1.54, 1.807) is 0 Å². The highest BCUT2D eigenvalue weighted by Gasteiger charge is 2.54. The Bertz CT molecular complexity index is 310. The van der Waals surface area contributed by atoms with Crippen molar-refractivity contribution in [3.05, 3.63) is 0 Å². The molecule has 1 unspecified atom stereocenters. The summed E-state index contributed by atoms with van der Waals surface area (Å²) in [6.45, 7) is 0.503. The number of amides is 2. The number of urea groups is 1. The quantitative estimate of drug-likeness (QED) is 0.566. The van der Waals surface area contributed by atoms with Crippen LogP contribution in [0.3, 0.4) is 0 Å². The van der Waals surface area contributed by atoms with Crippen LogP contribution in [0.15, 0.2) is 0 Å². The van der Waals surface area contributed by atoms with Gasteiger partial charge in [0.1, 0.15) is 0 Å². The van der Waals surface area contributed by atoms with Crippen molar-refractivity contribution < 1.29 is 28.3 Å². The van der Waals surface area contributed by atoms with Gasteiger partial charge in [-0.05, 0) is 0 Å². The highest BCUT2D eigenvalue weighted by molar-refractivity contribution is 5.75. The first-order valence-electron chi connectivity index (χ1n) is 4.60. The van der Waals surface area contributed by atoms with Crippen molar-refractivity contribution in [3.8, 4) is 0 Å². The fourth-order valence-electron chi connectivity index (χ4n) is 1.26. The van der Waals surface area contributed by atoms with Crippen molar-refractivity contribution in [1.82, 2.24) is 9.96 Å². The first-order valence-corrected chi connectivity index (χ1v) is 4.60. The summed E-state index contributed by atoms with van der Waals surface area (Å²) in [5, 5.41) is 8.91. The molecule has 0 aromatic heterocycles. The Balaban J connectivity index is 2.86. The van der Waals surface area contributed by atoms with Crippen molar-refractivity contribution in [2.75, 3.05) is 13.6 Å². The highest BCUT2D eigenvalue weighted by Crippen LogP contribution is 2.29. The summed E-state index contributed by atoms with van der Waals surface area (Å²) in [7, 11) is 1.11. The standard InChI is InChI=1S/C8H12F2N2O4/c1-3-5(13)16-6-8(9,10)4-11(2)7(14)12(6)15/h6,15H,3-4H2,1-2H3. The number of esters is 1. The molecule has 1 heterocycles. The zero-order valence-corrected chi connectivity index (χ0v) is 8.81. The molecule has 0 bridgehead atoms. The topological polar surface area (TPSA) is 70.1 Å². The zero-order valence-electron chi connectivity index (χ0n) is 8.81. The van der Waals surface area contributed by atoms with Crippen molar-refractivity contribution >= 4 is 12.0 Å². The van der Waals surface area contributed by atoms with Crippen LogP contribution in [0.1, 0.15) is 13.3 Å². The van der Waals surface area contributed by atoms with E-state index in [2.05, 4.69) is 4.74 Å². The first kappa shape index (κ1) is 12.6. The van der Waals surface area contributed by atoms with Gasteiger partial charge in [0, 0.05) is 13.5 Å². The molecule has 0 saturated carbocycles. The summed E-state index contributed by atoms with van der Waals surface area (Å²) in [4.78, 5) is 22.7. The van der Waals surface area contributed by atoms with Gasteiger partial charge in [0.2, 0.25) is 0 Å². The third-order valence-corrected chi connectivity index (χ3v) is 2.09. The van der Waals surface area contributed by atoms with E-state index < -0.39 is 30.7 Å². The third kappa shape index (κ3) is 2.21. The smallest absolute Gasteiger partial charge is 0.347 e. The normalized spacial score (nSPS) is 24.6. The lowest BCUT2D eigenvalue weighted by atomic mass is 10.2. The van der Waals surface area contributed by atoms with Crippen molar-refractivity contribution in [3.63, 3.8) is 0 Å². The molecule has 0 radical (unpaired) electrons. The molecule has 0 aromatic carbocycles. The molecule has 1 fully saturated rings. The van der Waals surface area contributed by atoms with Gasteiger partial charge in [-0.3, -0.25) is 10.0 Å². The number of carbonyl (C=O) groups excluding carboxylic acids is 2. The number of carbonyl (C=O) groups is 2. The van der Waals surface area contributed by atoms with E-state index in [0.29, 0.717) is 4.90 Å². The first-order chi connectivity index (χ1) is 7.29. The summed E-state index contributed by atoms with van der Waals surface area (Å²) < 4.78 is 31.1. The minimum Gasteiger partial charge on any atom is -0.432 e. The lowest BCUT2D eigenvalue weighted by molar-refractivity contribution is -0.276. The summed E-state index contributed by atoms with van der Waals surface area (Å²) in [6, 6.07) is -1.04. The van der Waals surface area contributed by atoms with E-state index in [-0.39, 0.29) is 11.5 Å². The zero-order chi connectivity index (χ0) is 12.5. The fraction of sp³-hybridized carbons (Fsp3) is 0.750. The molecule has 0 aromatic rings. The average Bonchev–Trinajstić information content (AvgIpc) is 2.20. The summed E-state index contributed by atoms with van der Waals surface area (Å²) in [5.74, 6) is -4.43. The van der Waals surface area contributed by atoms with Crippen LogP contribution in [0.4, 0.5) is 13.6 Å². The molecule has 1 N–H and O–H groups in total. The van der Waals surface area contributed by atoms with Crippen LogP contribution in [0.5, 0.6) is 0 Å². The summed E-state index contributed by atoms with van der Waals surface area (Å²) >= 11 is 0. The molecule has 1 atom stereocenters. The minimum absolute atomic E-state index is 0.121. The van der Waals surface area contributed by atoms with E-state index in [1.807, 2.05) is 0 Å². The monoisotopic (exact) mass is 238 g/mol. The SMILES string of the molecule is CCC(=O)OC1N(O)C(=O)N(C)CC1(F)F. The van der Waals surface area contributed by atoms with Crippen molar-refractivity contribution in [1.29, 1.82) is 0 Å². The Labute approximate surface area is 90.3 Å². The predicted molar refractivity (Wildman–Crippen MR) is 46.8 cm³/mol. The fourth-order valence-corrected chi connectivity index (χ4v) is 1.26. The number of rotatable bonds is 2. The maximum atomic E-state index is 13.4. The molecule has 1 rings (SSSR count). The van der Waals surface area contributed by atoms with Crippen LogP contribution < -0.4 is 0 Å². The number of ether oxygens (including phenoxy) is 1. The van der Waals surface area contributed by atoms with Gasteiger partial charge in [0.25, 0.3) is 6.23 Å². The number of halogens is 2. The van der Waals surface area contributed by atoms with Crippen molar-refractivity contribution in [2.24, 2.45) is 0 Å². The van der Waals surface area contributed by atoms with Gasteiger partial charge in [0.15, 0.2) is 0 Å². The summed E-state index contributed by atoms with van der Waals surface area (Å²) in [6.07, 6.45) is -2.38. The highest BCUT2D eigenvalue weighted by atomic mass is 19.3. The maximum Gasteiger partial charge on any atom is 0.347 e. The Morgan fingerprint density at radius 3 is 2.75 bits per heavy atom. The average molecular weight is 238 g/mol. The van der Waals surface area contributed by atoms with Gasteiger partial charge in [-0.2, -0.15) is 13.8 Å². The third-order valence-electron chi connectivity index (χ3n) is 2.09. The molecule has 6 nitrogen and oxygen atoms in total. The molecule has 1 aliphatic rings. The molecule has 16 heavy (non-hydrogen) atoms. The van der Waals surface area contributed by atoms with Gasteiger partial charge in [0.05, 0.1) is 6.54 Å². The van der Waals surface area contributed by atoms with Crippen LogP contribution in [0.2, 0.25) is 0 Å². The van der Waals surface area contributed by atoms with E-state index in [4.69, 9.17) is 0 Å². The van der Waals surface area contributed by atoms with E-state index in [9.17, 15) is 23.6 Å². The second kappa shape index (κ2) is 4.20. The van der Waals surface area contributed by atoms with Crippen LogP contribution in [0.25, 0.3) is 0 Å². The van der Waals surface area contributed by atoms with Gasteiger partial charge in [-0.1, -0.05) is 6.92 Å². The second-order valence-corrected chi connectivity index (χ2v) is 3.44. The van der Waals surface area contributed by atoms with Gasteiger partial charge >= 0.3 is 17.9 Å². The predicted octanol–water partition coefficient (Wildman–Crippen LogP) is 0.658. The van der Waals surface area contributed by atoms with Gasteiger partial charge in [-0.15, -0.1) is 0 Å². The number of alkyl halides is 2. The number of hydrogen-bond acceptors (Lipinski definition) is 4. The Hall–Kier alpha value is -1.44.